The molecule has 4 rings (SSSR count). The molecule has 0 aliphatic heterocycles. The summed E-state index contributed by atoms with van der Waals surface area (Å²) in [6.45, 7) is 3.75. The molecule has 2 aromatic heterocycles. The van der Waals surface area contributed by atoms with Gasteiger partial charge in [-0.05, 0) is 44.2 Å². The number of nitriles is 1. The van der Waals surface area contributed by atoms with Crippen molar-refractivity contribution in [2.45, 2.75) is 19.9 Å². The fraction of sp³-hybridized carbons (Fsp3) is 0.167. The van der Waals surface area contributed by atoms with Crippen LogP contribution in [0.5, 0.6) is 0 Å². The van der Waals surface area contributed by atoms with Gasteiger partial charge in [0.25, 0.3) is 5.56 Å². The van der Waals surface area contributed by atoms with Crippen molar-refractivity contribution in [1.29, 1.82) is 5.26 Å². The number of nitrogen functional groups attached to an aromatic ring is 1. The van der Waals surface area contributed by atoms with Crippen LogP contribution < -0.4 is 27.2 Å². The maximum absolute atomic E-state index is 14.7. The number of fused-ring (bicyclic) bond motifs is 1. The molecule has 188 valence electrons. The van der Waals surface area contributed by atoms with Gasteiger partial charge in [0.15, 0.2) is 0 Å². The highest BCUT2D eigenvalue weighted by molar-refractivity contribution is 5.89. The maximum Gasteiger partial charge on any atom is 0.319 e. The summed E-state index contributed by atoms with van der Waals surface area (Å²) in [5.41, 5.74) is 4.98. The Morgan fingerprint density at radius 3 is 2.70 bits per heavy atom. The second-order valence-electron chi connectivity index (χ2n) is 7.86. The zero-order chi connectivity index (χ0) is 26.7. The van der Waals surface area contributed by atoms with Gasteiger partial charge in [-0.15, -0.1) is 0 Å². The summed E-state index contributed by atoms with van der Waals surface area (Å²) >= 11 is 0. The lowest BCUT2D eigenvalue weighted by Crippen LogP contribution is -2.29. The smallest absolute Gasteiger partial charge is 0.319 e. The molecule has 13 heteroatoms. The summed E-state index contributed by atoms with van der Waals surface area (Å²) in [7, 11) is 0. The average Bonchev–Trinajstić information content (AvgIpc) is 2.86. The van der Waals surface area contributed by atoms with Crippen molar-refractivity contribution >= 4 is 34.3 Å². The van der Waals surface area contributed by atoms with E-state index < -0.39 is 40.2 Å². The minimum atomic E-state index is -0.943. The molecule has 37 heavy (non-hydrogen) atoms. The largest absolute Gasteiger partial charge is 0.382 e. The third-order valence-electron chi connectivity index (χ3n) is 5.38. The number of anilines is 3. The quantitative estimate of drug-likeness (QED) is 0.310. The molecule has 1 atom stereocenters. The van der Waals surface area contributed by atoms with Crippen LogP contribution in [0.2, 0.25) is 0 Å². The van der Waals surface area contributed by atoms with E-state index in [1.54, 1.807) is 32.0 Å². The van der Waals surface area contributed by atoms with Gasteiger partial charge in [0.1, 0.15) is 58.0 Å². The molecular formula is C24H21F2N9O2. The SMILES string of the molecule is CCNC(=O)Nc1cccc(-n2c(C(C)Nc3ncnc(N)c3C#N)nc3c(F)ccc(F)c3c2=O)c1. The monoisotopic (exact) mass is 505 g/mol. The number of hydrogen-bond acceptors (Lipinski definition) is 8. The Balaban J connectivity index is 1.92. The Bertz CT molecular complexity index is 1610. The van der Waals surface area contributed by atoms with Crippen LogP contribution in [-0.4, -0.2) is 32.1 Å². The molecule has 2 amide bonds. The topological polar surface area (TPSA) is 164 Å². The molecule has 2 heterocycles. The molecule has 5 N–H and O–H groups in total. The van der Waals surface area contributed by atoms with Gasteiger partial charge in [-0.3, -0.25) is 9.36 Å². The number of benzene rings is 2. The fourth-order valence-corrected chi connectivity index (χ4v) is 3.72. The van der Waals surface area contributed by atoms with E-state index in [-0.39, 0.29) is 28.7 Å². The zero-order valence-corrected chi connectivity index (χ0v) is 19.7. The van der Waals surface area contributed by atoms with Crippen LogP contribution in [0.25, 0.3) is 16.6 Å². The van der Waals surface area contributed by atoms with E-state index in [2.05, 4.69) is 30.9 Å². The first kappa shape index (κ1) is 25.0. The molecule has 0 aliphatic rings. The predicted molar refractivity (Wildman–Crippen MR) is 133 cm³/mol. The number of nitrogens with zero attached hydrogens (tertiary/aromatic N) is 5. The summed E-state index contributed by atoms with van der Waals surface area (Å²) in [5, 5.41) is 17.1. The molecular weight excluding hydrogens is 484 g/mol. The van der Waals surface area contributed by atoms with E-state index in [9.17, 15) is 23.6 Å². The summed E-state index contributed by atoms with van der Waals surface area (Å²) in [6.07, 6.45) is 1.15. The van der Waals surface area contributed by atoms with Gasteiger partial charge in [-0.2, -0.15) is 5.26 Å². The van der Waals surface area contributed by atoms with Crippen molar-refractivity contribution in [1.82, 2.24) is 24.8 Å². The number of rotatable bonds is 6. The molecule has 2 aromatic carbocycles. The third-order valence-corrected chi connectivity index (χ3v) is 5.38. The zero-order valence-electron chi connectivity index (χ0n) is 19.7. The van der Waals surface area contributed by atoms with Gasteiger partial charge in [-0.1, -0.05) is 6.07 Å². The van der Waals surface area contributed by atoms with Gasteiger partial charge in [0, 0.05) is 12.2 Å². The van der Waals surface area contributed by atoms with E-state index in [4.69, 9.17) is 5.73 Å². The van der Waals surface area contributed by atoms with Crippen LogP contribution in [0.15, 0.2) is 47.5 Å². The van der Waals surface area contributed by atoms with E-state index in [1.807, 2.05) is 6.07 Å². The first-order valence-electron chi connectivity index (χ1n) is 11.1. The van der Waals surface area contributed by atoms with Crippen LogP contribution in [0.1, 0.15) is 31.3 Å². The summed E-state index contributed by atoms with van der Waals surface area (Å²) < 4.78 is 30.5. The molecule has 0 aliphatic carbocycles. The second kappa shape index (κ2) is 10.2. The lowest BCUT2D eigenvalue weighted by molar-refractivity contribution is 0.252. The highest BCUT2D eigenvalue weighted by atomic mass is 19.1. The van der Waals surface area contributed by atoms with Crippen LogP contribution >= 0.6 is 0 Å². The molecule has 0 fully saturated rings. The highest BCUT2D eigenvalue weighted by Crippen LogP contribution is 2.26. The number of carbonyl (C=O) groups excluding carboxylic acids is 1. The Hall–Kier alpha value is -5.12. The number of nitrogens with one attached hydrogen (secondary N) is 3. The van der Waals surface area contributed by atoms with Crippen molar-refractivity contribution in [3.8, 4) is 11.8 Å². The summed E-state index contributed by atoms with van der Waals surface area (Å²) in [6, 6.07) is 8.53. The normalized spacial score (nSPS) is 11.5. The van der Waals surface area contributed by atoms with Crippen LogP contribution in [0.4, 0.5) is 30.9 Å². The number of carbonyl (C=O) groups is 1. The van der Waals surface area contributed by atoms with Crippen molar-refractivity contribution in [2.75, 3.05) is 22.9 Å². The van der Waals surface area contributed by atoms with Crippen LogP contribution in [0, 0.1) is 23.0 Å². The number of hydrogen-bond donors (Lipinski definition) is 4. The third kappa shape index (κ3) is 4.85. The first-order valence-corrected chi connectivity index (χ1v) is 11.1. The molecule has 0 saturated heterocycles. The number of amides is 2. The average molecular weight is 505 g/mol. The Labute approximate surface area is 209 Å². The number of nitrogens with two attached hydrogens (primary N) is 1. The minimum absolute atomic E-state index is 0.0155. The maximum atomic E-state index is 14.7. The van der Waals surface area contributed by atoms with E-state index in [0.29, 0.717) is 12.2 Å². The van der Waals surface area contributed by atoms with Gasteiger partial charge >= 0.3 is 6.03 Å². The molecule has 4 aromatic rings. The van der Waals surface area contributed by atoms with E-state index in [0.717, 1.165) is 23.0 Å². The van der Waals surface area contributed by atoms with Crippen molar-refractivity contribution in [2.24, 2.45) is 0 Å². The van der Waals surface area contributed by atoms with Crippen molar-refractivity contribution in [3.63, 3.8) is 0 Å². The van der Waals surface area contributed by atoms with E-state index in [1.165, 1.54) is 6.07 Å². The standard InChI is InChI=1S/C24H21F2N9O2/c1-3-29-24(37)33-13-5-4-6-14(9-13)35-22(12(2)32-21-15(10-27)20(28)30-11-31-21)34-19-17(26)8-7-16(25)18(19)23(35)36/h4-9,11-12H,3H2,1-2H3,(H2,29,33,37)(H3,28,30,31,32). The lowest BCUT2D eigenvalue weighted by Gasteiger charge is -2.21. The number of urea groups is 1. The Morgan fingerprint density at radius 1 is 1.22 bits per heavy atom. The molecule has 11 nitrogen and oxygen atoms in total. The molecule has 1 unspecified atom stereocenters. The number of aromatic nitrogens is 4. The second-order valence-corrected chi connectivity index (χ2v) is 7.86. The van der Waals surface area contributed by atoms with Gasteiger partial charge in [-0.25, -0.2) is 28.5 Å². The lowest BCUT2D eigenvalue weighted by atomic mass is 10.1. The molecule has 0 bridgehead atoms. The van der Waals surface area contributed by atoms with Gasteiger partial charge < -0.3 is 21.7 Å². The molecule has 0 radical (unpaired) electrons. The first-order chi connectivity index (χ1) is 17.7. The minimum Gasteiger partial charge on any atom is -0.382 e. The highest BCUT2D eigenvalue weighted by Gasteiger charge is 2.23. The fourth-order valence-electron chi connectivity index (χ4n) is 3.72. The van der Waals surface area contributed by atoms with E-state index >= 15 is 0 Å². The molecule has 0 saturated carbocycles. The van der Waals surface area contributed by atoms with Crippen LogP contribution in [0.3, 0.4) is 0 Å². The Morgan fingerprint density at radius 2 is 1.97 bits per heavy atom. The van der Waals surface area contributed by atoms with Crippen LogP contribution in [-0.2, 0) is 0 Å². The van der Waals surface area contributed by atoms with Gasteiger partial charge in [0.05, 0.1) is 11.7 Å². The van der Waals surface area contributed by atoms with Gasteiger partial charge in [0.2, 0.25) is 0 Å². The summed E-state index contributed by atoms with van der Waals surface area (Å²) in [5.74, 6) is -1.84. The summed E-state index contributed by atoms with van der Waals surface area (Å²) in [4.78, 5) is 37.7. The predicted octanol–water partition coefficient (Wildman–Crippen LogP) is 3.22. The van der Waals surface area contributed by atoms with Crippen molar-refractivity contribution in [3.05, 3.63) is 76.1 Å². The number of halogens is 2. The van der Waals surface area contributed by atoms with Crippen molar-refractivity contribution < 1.29 is 13.6 Å². The Kier molecular flexibility index (Phi) is 6.92. The molecule has 0 spiro atoms.